The van der Waals surface area contributed by atoms with Gasteiger partial charge in [0.2, 0.25) is 5.91 Å². The normalized spacial score (nSPS) is 10.5. The van der Waals surface area contributed by atoms with E-state index in [2.05, 4.69) is 5.10 Å². The second kappa shape index (κ2) is 8.99. The van der Waals surface area contributed by atoms with Crippen LogP contribution < -0.4 is 10.3 Å². The molecule has 3 aromatic rings. The molecule has 144 valence electrons. The maximum atomic E-state index is 12.7. The average molecular weight is 377 g/mol. The highest BCUT2D eigenvalue weighted by molar-refractivity contribution is 5.76. The smallest absolute Gasteiger partial charge is 0.267 e. The van der Waals surface area contributed by atoms with E-state index in [4.69, 9.17) is 4.74 Å². The van der Waals surface area contributed by atoms with Crippen LogP contribution in [-0.4, -0.2) is 34.2 Å². The highest BCUT2D eigenvalue weighted by atomic mass is 16.5. The number of amides is 1. The van der Waals surface area contributed by atoms with Gasteiger partial charge in [0.05, 0.1) is 12.8 Å². The van der Waals surface area contributed by atoms with Gasteiger partial charge in [-0.15, -0.1) is 0 Å². The number of carbonyl (C=O) groups excluding carboxylic acids is 1. The SMILES string of the molecule is CCN(Cc1ccccc1)C(=O)Cn1nc(-c2ccc(OC)cc2)ccc1=O. The molecule has 0 spiro atoms. The number of ether oxygens (including phenoxy) is 1. The van der Waals surface area contributed by atoms with Crippen LogP contribution in [0.15, 0.2) is 71.5 Å². The van der Waals surface area contributed by atoms with Crippen molar-refractivity contribution >= 4 is 5.91 Å². The minimum absolute atomic E-state index is 0.0937. The van der Waals surface area contributed by atoms with Crippen LogP contribution in [0.2, 0.25) is 0 Å². The summed E-state index contributed by atoms with van der Waals surface area (Å²) in [7, 11) is 1.61. The second-order valence-corrected chi connectivity index (χ2v) is 6.34. The van der Waals surface area contributed by atoms with Crippen molar-refractivity contribution in [2.75, 3.05) is 13.7 Å². The summed E-state index contributed by atoms with van der Waals surface area (Å²) in [5.74, 6) is 0.597. The summed E-state index contributed by atoms with van der Waals surface area (Å²) in [6.07, 6.45) is 0. The van der Waals surface area contributed by atoms with Crippen molar-refractivity contribution in [3.63, 3.8) is 0 Å². The number of hydrogen-bond donors (Lipinski definition) is 0. The van der Waals surface area contributed by atoms with Crippen LogP contribution in [0, 0.1) is 0 Å². The van der Waals surface area contributed by atoms with Crippen molar-refractivity contribution in [1.82, 2.24) is 14.7 Å². The molecule has 1 amide bonds. The molecule has 0 radical (unpaired) electrons. The van der Waals surface area contributed by atoms with Gasteiger partial charge < -0.3 is 9.64 Å². The predicted octanol–water partition coefficient (Wildman–Crippen LogP) is 2.97. The molecule has 0 fully saturated rings. The summed E-state index contributed by atoms with van der Waals surface area (Å²) < 4.78 is 6.38. The van der Waals surface area contributed by atoms with Gasteiger partial charge in [0.1, 0.15) is 12.3 Å². The molecule has 1 aromatic heterocycles. The average Bonchev–Trinajstić information content (AvgIpc) is 2.74. The first kappa shape index (κ1) is 19.4. The molecule has 0 unspecified atom stereocenters. The molecule has 2 aromatic carbocycles. The van der Waals surface area contributed by atoms with Crippen LogP contribution in [0.4, 0.5) is 0 Å². The Morgan fingerprint density at radius 3 is 2.39 bits per heavy atom. The van der Waals surface area contributed by atoms with Gasteiger partial charge in [-0.2, -0.15) is 5.10 Å². The van der Waals surface area contributed by atoms with Crippen molar-refractivity contribution < 1.29 is 9.53 Å². The fourth-order valence-corrected chi connectivity index (χ4v) is 2.89. The Morgan fingerprint density at radius 2 is 1.75 bits per heavy atom. The van der Waals surface area contributed by atoms with E-state index in [0.29, 0.717) is 18.8 Å². The zero-order chi connectivity index (χ0) is 19.9. The standard InChI is InChI=1S/C22H23N3O3/c1-3-24(15-17-7-5-4-6-8-17)22(27)16-25-21(26)14-13-20(23-25)18-9-11-19(28-2)12-10-18/h4-14H,3,15-16H2,1-2H3. The van der Waals surface area contributed by atoms with Crippen molar-refractivity contribution in [2.24, 2.45) is 0 Å². The Balaban J connectivity index is 1.78. The van der Waals surface area contributed by atoms with Crippen molar-refractivity contribution in [2.45, 2.75) is 20.0 Å². The van der Waals surface area contributed by atoms with Gasteiger partial charge in [0, 0.05) is 24.7 Å². The lowest BCUT2D eigenvalue weighted by Gasteiger charge is -2.21. The number of aromatic nitrogens is 2. The van der Waals surface area contributed by atoms with Gasteiger partial charge in [0.15, 0.2) is 0 Å². The lowest BCUT2D eigenvalue weighted by Crippen LogP contribution is -2.36. The van der Waals surface area contributed by atoms with Gasteiger partial charge >= 0.3 is 0 Å². The Labute approximate surface area is 164 Å². The van der Waals surface area contributed by atoms with Crippen molar-refractivity contribution in [1.29, 1.82) is 0 Å². The first-order valence-corrected chi connectivity index (χ1v) is 9.15. The first-order chi connectivity index (χ1) is 13.6. The fourth-order valence-electron chi connectivity index (χ4n) is 2.89. The third-order valence-corrected chi connectivity index (χ3v) is 4.49. The number of rotatable bonds is 7. The van der Waals surface area contributed by atoms with Gasteiger partial charge in [0.25, 0.3) is 5.56 Å². The molecule has 0 aliphatic heterocycles. The third-order valence-electron chi connectivity index (χ3n) is 4.49. The Kier molecular flexibility index (Phi) is 6.22. The lowest BCUT2D eigenvalue weighted by atomic mass is 10.1. The van der Waals surface area contributed by atoms with E-state index < -0.39 is 0 Å². The molecule has 28 heavy (non-hydrogen) atoms. The van der Waals surface area contributed by atoms with Crippen LogP contribution in [-0.2, 0) is 17.9 Å². The minimum Gasteiger partial charge on any atom is -0.497 e. The highest BCUT2D eigenvalue weighted by Crippen LogP contribution is 2.19. The molecule has 0 aliphatic carbocycles. The van der Waals surface area contributed by atoms with E-state index in [1.165, 1.54) is 10.7 Å². The molecule has 6 heteroatoms. The molecule has 6 nitrogen and oxygen atoms in total. The van der Waals surface area contributed by atoms with Crippen molar-refractivity contribution in [3.8, 4) is 17.0 Å². The monoisotopic (exact) mass is 377 g/mol. The Bertz CT molecular complexity index is 982. The zero-order valence-corrected chi connectivity index (χ0v) is 16.0. The molecule has 0 N–H and O–H groups in total. The quantitative estimate of drug-likeness (QED) is 0.635. The van der Waals surface area contributed by atoms with E-state index in [1.54, 1.807) is 18.1 Å². The second-order valence-electron chi connectivity index (χ2n) is 6.34. The number of methoxy groups -OCH3 is 1. The van der Waals surface area contributed by atoms with Crippen molar-refractivity contribution in [3.05, 3.63) is 82.6 Å². The van der Waals surface area contributed by atoms with Gasteiger partial charge in [-0.1, -0.05) is 30.3 Å². The fraction of sp³-hybridized carbons (Fsp3) is 0.227. The molecule has 3 rings (SSSR count). The van der Waals surface area contributed by atoms with Crippen LogP contribution in [0.1, 0.15) is 12.5 Å². The lowest BCUT2D eigenvalue weighted by molar-refractivity contribution is -0.132. The summed E-state index contributed by atoms with van der Waals surface area (Å²) >= 11 is 0. The maximum absolute atomic E-state index is 12.7. The number of carbonyl (C=O) groups is 1. The van der Waals surface area contributed by atoms with Gasteiger partial charge in [-0.3, -0.25) is 9.59 Å². The minimum atomic E-state index is -0.304. The van der Waals surface area contributed by atoms with Gasteiger partial charge in [-0.05, 0) is 42.8 Å². The van der Waals surface area contributed by atoms with Crippen LogP contribution in [0.25, 0.3) is 11.3 Å². The molecule has 0 atom stereocenters. The predicted molar refractivity (Wildman–Crippen MR) is 108 cm³/mol. The summed E-state index contributed by atoms with van der Waals surface area (Å²) in [5, 5.41) is 4.38. The summed E-state index contributed by atoms with van der Waals surface area (Å²) in [5.41, 5.74) is 2.21. The Morgan fingerprint density at radius 1 is 1.04 bits per heavy atom. The molecular formula is C22H23N3O3. The first-order valence-electron chi connectivity index (χ1n) is 9.15. The summed E-state index contributed by atoms with van der Waals surface area (Å²) in [6, 6.07) is 20.3. The van der Waals surface area contributed by atoms with Gasteiger partial charge in [-0.25, -0.2) is 4.68 Å². The molecule has 0 bridgehead atoms. The van der Waals surface area contributed by atoms with E-state index in [1.807, 2.05) is 61.5 Å². The number of hydrogen-bond acceptors (Lipinski definition) is 4. The number of likely N-dealkylation sites (N-methyl/N-ethyl adjacent to an activating group) is 1. The van der Waals surface area contributed by atoms with E-state index in [-0.39, 0.29) is 18.0 Å². The number of benzene rings is 2. The molecule has 0 saturated heterocycles. The van der Waals surface area contributed by atoms with E-state index >= 15 is 0 Å². The molecule has 0 aliphatic rings. The topological polar surface area (TPSA) is 64.4 Å². The van der Waals surface area contributed by atoms with E-state index in [9.17, 15) is 9.59 Å². The van der Waals surface area contributed by atoms with Crippen LogP contribution in [0.5, 0.6) is 5.75 Å². The molecule has 0 saturated carbocycles. The number of nitrogens with zero attached hydrogens (tertiary/aromatic N) is 3. The third kappa shape index (κ3) is 4.65. The highest BCUT2D eigenvalue weighted by Gasteiger charge is 2.15. The molecular weight excluding hydrogens is 354 g/mol. The molecule has 1 heterocycles. The van der Waals surface area contributed by atoms with E-state index in [0.717, 1.165) is 16.9 Å². The summed E-state index contributed by atoms with van der Waals surface area (Å²) in [6.45, 7) is 2.89. The largest absolute Gasteiger partial charge is 0.497 e. The maximum Gasteiger partial charge on any atom is 0.267 e. The Hall–Kier alpha value is -3.41. The van der Waals surface area contributed by atoms with Crippen LogP contribution >= 0.6 is 0 Å². The van der Waals surface area contributed by atoms with Crippen LogP contribution in [0.3, 0.4) is 0 Å². The zero-order valence-electron chi connectivity index (χ0n) is 16.0. The summed E-state index contributed by atoms with van der Waals surface area (Å²) in [4.78, 5) is 26.7.